The van der Waals surface area contributed by atoms with Gasteiger partial charge in [0.1, 0.15) is 11.3 Å². The fourth-order valence-corrected chi connectivity index (χ4v) is 2.10. The molecular formula is C13H15ClN2O3. The number of imide groups is 1. The first-order valence-corrected chi connectivity index (χ1v) is 6.14. The van der Waals surface area contributed by atoms with Gasteiger partial charge in [-0.2, -0.15) is 0 Å². The maximum atomic E-state index is 12.3. The Morgan fingerprint density at radius 1 is 1.26 bits per heavy atom. The number of benzene rings is 1. The summed E-state index contributed by atoms with van der Waals surface area (Å²) in [4.78, 5) is 27.0. The van der Waals surface area contributed by atoms with Crippen molar-refractivity contribution in [3.8, 4) is 5.75 Å². The van der Waals surface area contributed by atoms with Crippen molar-refractivity contribution in [2.45, 2.75) is 19.4 Å². The van der Waals surface area contributed by atoms with Crippen molar-refractivity contribution >= 4 is 29.2 Å². The van der Waals surface area contributed by atoms with Crippen LogP contribution in [-0.4, -0.2) is 36.5 Å². The lowest BCUT2D eigenvalue weighted by molar-refractivity contribution is -0.123. The number of anilines is 1. The smallest absolute Gasteiger partial charge is 0.332 e. The van der Waals surface area contributed by atoms with Crippen molar-refractivity contribution in [1.82, 2.24) is 4.90 Å². The molecular weight excluding hydrogens is 268 g/mol. The molecule has 0 bridgehead atoms. The molecule has 0 aliphatic carbocycles. The molecule has 1 aromatic rings. The van der Waals surface area contributed by atoms with Gasteiger partial charge in [-0.25, -0.2) is 9.69 Å². The van der Waals surface area contributed by atoms with Gasteiger partial charge >= 0.3 is 6.03 Å². The van der Waals surface area contributed by atoms with Crippen molar-refractivity contribution in [2.75, 3.05) is 19.1 Å². The van der Waals surface area contributed by atoms with Crippen LogP contribution in [0, 0.1) is 0 Å². The summed E-state index contributed by atoms with van der Waals surface area (Å²) in [5.41, 5.74) is -0.405. The number of rotatable bonds is 2. The van der Waals surface area contributed by atoms with Gasteiger partial charge in [-0.1, -0.05) is 11.6 Å². The molecule has 0 spiro atoms. The Morgan fingerprint density at radius 3 is 2.37 bits per heavy atom. The molecule has 0 unspecified atom stereocenters. The Balaban J connectivity index is 2.48. The molecule has 0 N–H and O–H groups in total. The highest BCUT2D eigenvalue weighted by atomic mass is 35.5. The topological polar surface area (TPSA) is 49.9 Å². The number of nitrogens with zero attached hydrogens (tertiary/aromatic N) is 2. The summed E-state index contributed by atoms with van der Waals surface area (Å²) in [5, 5.41) is 0.429. The molecule has 5 nitrogen and oxygen atoms in total. The van der Waals surface area contributed by atoms with E-state index in [1.165, 1.54) is 12.0 Å². The molecule has 1 saturated heterocycles. The largest absolute Gasteiger partial charge is 0.495 e. The van der Waals surface area contributed by atoms with Crippen LogP contribution in [0.25, 0.3) is 0 Å². The van der Waals surface area contributed by atoms with Gasteiger partial charge in [0.05, 0.1) is 17.8 Å². The maximum absolute atomic E-state index is 12.3. The van der Waals surface area contributed by atoms with E-state index in [1.54, 1.807) is 39.1 Å². The number of urea groups is 1. The molecule has 0 aromatic heterocycles. The molecule has 1 aliphatic heterocycles. The predicted octanol–water partition coefficient (Wildman–Crippen LogP) is 2.53. The number of halogens is 1. The summed E-state index contributed by atoms with van der Waals surface area (Å²) < 4.78 is 5.10. The normalized spacial score (nSPS) is 18.2. The zero-order valence-corrected chi connectivity index (χ0v) is 12.0. The molecule has 0 radical (unpaired) electrons. The fourth-order valence-electron chi connectivity index (χ4n) is 1.91. The standard InChI is InChI=1S/C13H15ClN2O3/c1-13(2)11(17)16(12(18)15(13)3)8-5-6-9(14)10(7-8)19-4/h5-7H,1-4H3. The number of hydrogen-bond donors (Lipinski definition) is 0. The van der Waals surface area contributed by atoms with Gasteiger partial charge in [0, 0.05) is 13.1 Å². The summed E-state index contributed by atoms with van der Waals surface area (Å²) >= 11 is 5.94. The summed E-state index contributed by atoms with van der Waals surface area (Å²) in [6.07, 6.45) is 0. The molecule has 1 heterocycles. The van der Waals surface area contributed by atoms with E-state index in [0.717, 1.165) is 4.90 Å². The minimum Gasteiger partial charge on any atom is -0.495 e. The van der Waals surface area contributed by atoms with Gasteiger partial charge < -0.3 is 9.64 Å². The van der Waals surface area contributed by atoms with Crippen molar-refractivity contribution in [3.05, 3.63) is 23.2 Å². The molecule has 0 atom stereocenters. The van der Waals surface area contributed by atoms with Gasteiger partial charge in [0.15, 0.2) is 0 Å². The Hall–Kier alpha value is -1.75. The number of carbonyl (C=O) groups is 2. The van der Waals surface area contributed by atoms with E-state index >= 15 is 0 Å². The number of carbonyl (C=O) groups excluding carboxylic acids is 2. The van der Waals surface area contributed by atoms with E-state index in [9.17, 15) is 9.59 Å². The van der Waals surface area contributed by atoms with E-state index in [-0.39, 0.29) is 11.9 Å². The van der Waals surface area contributed by atoms with Crippen LogP contribution in [0.3, 0.4) is 0 Å². The summed E-state index contributed by atoms with van der Waals surface area (Å²) in [7, 11) is 3.09. The lowest BCUT2D eigenvalue weighted by Gasteiger charge is -2.22. The summed E-state index contributed by atoms with van der Waals surface area (Å²) in [5.74, 6) is 0.150. The minimum absolute atomic E-state index is 0.274. The molecule has 2 rings (SSSR count). The minimum atomic E-state index is -0.857. The quantitative estimate of drug-likeness (QED) is 0.783. The van der Waals surface area contributed by atoms with E-state index in [4.69, 9.17) is 16.3 Å². The predicted molar refractivity (Wildman–Crippen MR) is 72.7 cm³/mol. The van der Waals surface area contributed by atoms with Crippen LogP contribution >= 0.6 is 11.6 Å². The van der Waals surface area contributed by atoms with Crippen LogP contribution in [0.5, 0.6) is 5.75 Å². The van der Waals surface area contributed by atoms with Gasteiger partial charge in [0.25, 0.3) is 5.91 Å². The Bertz CT molecular complexity index is 557. The number of amides is 3. The first-order valence-electron chi connectivity index (χ1n) is 5.76. The second-order valence-corrected chi connectivity index (χ2v) is 5.27. The second-order valence-electron chi connectivity index (χ2n) is 4.86. The van der Waals surface area contributed by atoms with Gasteiger partial charge in [0.2, 0.25) is 0 Å². The lowest BCUT2D eigenvalue weighted by Crippen LogP contribution is -2.41. The number of ether oxygens (including phenoxy) is 1. The molecule has 3 amide bonds. The maximum Gasteiger partial charge on any atom is 0.332 e. The molecule has 1 aliphatic rings. The highest BCUT2D eigenvalue weighted by Gasteiger charge is 2.50. The average Bonchev–Trinajstić information content (AvgIpc) is 2.52. The second kappa shape index (κ2) is 4.42. The van der Waals surface area contributed by atoms with E-state index in [1.807, 2.05) is 0 Å². The van der Waals surface area contributed by atoms with Crippen LogP contribution in [0.1, 0.15) is 13.8 Å². The Kier molecular flexibility index (Phi) is 3.18. The van der Waals surface area contributed by atoms with Crippen molar-refractivity contribution < 1.29 is 14.3 Å². The zero-order chi connectivity index (χ0) is 14.4. The van der Waals surface area contributed by atoms with Crippen molar-refractivity contribution in [3.63, 3.8) is 0 Å². The molecule has 1 fully saturated rings. The Labute approximate surface area is 116 Å². The van der Waals surface area contributed by atoms with E-state index in [2.05, 4.69) is 0 Å². The van der Waals surface area contributed by atoms with Crippen molar-refractivity contribution in [2.24, 2.45) is 0 Å². The summed E-state index contributed by atoms with van der Waals surface area (Å²) in [6.45, 7) is 3.42. The van der Waals surface area contributed by atoms with E-state index in [0.29, 0.717) is 16.5 Å². The third-order valence-electron chi connectivity index (χ3n) is 3.44. The van der Waals surface area contributed by atoms with E-state index < -0.39 is 5.54 Å². The first-order chi connectivity index (χ1) is 8.80. The number of likely N-dealkylation sites (N-methyl/N-ethyl adjacent to an activating group) is 1. The molecule has 1 aromatic carbocycles. The fraction of sp³-hybridized carbons (Fsp3) is 0.385. The van der Waals surface area contributed by atoms with Crippen LogP contribution in [0.15, 0.2) is 18.2 Å². The van der Waals surface area contributed by atoms with Crippen LogP contribution < -0.4 is 9.64 Å². The van der Waals surface area contributed by atoms with Crippen molar-refractivity contribution in [1.29, 1.82) is 0 Å². The SMILES string of the molecule is COc1cc(N2C(=O)N(C)C(C)(C)C2=O)ccc1Cl. The average molecular weight is 283 g/mol. The third-order valence-corrected chi connectivity index (χ3v) is 3.75. The number of methoxy groups -OCH3 is 1. The molecule has 6 heteroatoms. The lowest BCUT2D eigenvalue weighted by atomic mass is 10.0. The molecule has 0 saturated carbocycles. The highest BCUT2D eigenvalue weighted by molar-refractivity contribution is 6.32. The molecule has 102 valence electrons. The van der Waals surface area contributed by atoms with Crippen LogP contribution in [0.4, 0.5) is 10.5 Å². The zero-order valence-electron chi connectivity index (χ0n) is 11.2. The monoisotopic (exact) mass is 282 g/mol. The van der Waals surface area contributed by atoms with Gasteiger partial charge in [-0.15, -0.1) is 0 Å². The number of hydrogen-bond acceptors (Lipinski definition) is 3. The van der Waals surface area contributed by atoms with Gasteiger partial charge in [-0.05, 0) is 26.0 Å². The van der Waals surface area contributed by atoms with Gasteiger partial charge in [-0.3, -0.25) is 4.79 Å². The Morgan fingerprint density at radius 2 is 1.89 bits per heavy atom. The summed E-state index contributed by atoms with van der Waals surface area (Å²) in [6, 6.07) is 4.43. The molecule has 19 heavy (non-hydrogen) atoms. The third kappa shape index (κ3) is 1.94. The van der Waals surface area contributed by atoms with Crippen LogP contribution in [0.2, 0.25) is 5.02 Å². The highest BCUT2D eigenvalue weighted by Crippen LogP contribution is 2.34. The first kappa shape index (κ1) is 13.7. The van der Waals surface area contributed by atoms with Crippen LogP contribution in [-0.2, 0) is 4.79 Å².